The minimum absolute atomic E-state index is 0.139. The number of ether oxygens (including phenoxy) is 1. The average Bonchev–Trinajstić information content (AvgIpc) is 2.56. The van der Waals surface area contributed by atoms with Gasteiger partial charge in [-0.05, 0) is 12.1 Å². The Morgan fingerprint density at radius 1 is 1.21 bits per heavy atom. The van der Waals surface area contributed by atoms with E-state index in [0.717, 1.165) is 11.2 Å². The second-order valence-electron chi connectivity index (χ2n) is 3.67. The maximum Gasteiger partial charge on any atom is 0.128 e. The van der Waals surface area contributed by atoms with E-state index < -0.39 is 0 Å². The Kier molecular flexibility index (Phi) is 1.57. The minimum Gasteiger partial charge on any atom is -0.485 e. The van der Waals surface area contributed by atoms with Crippen molar-refractivity contribution in [2.45, 2.75) is 12.0 Å². The summed E-state index contributed by atoms with van der Waals surface area (Å²) in [6, 6.07) is 8.13. The average molecular weight is 180 g/mol. The smallest absolute Gasteiger partial charge is 0.128 e. The van der Waals surface area contributed by atoms with Gasteiger partial charge in [0, 0.05) is 11.5 Å². The van der Waals surface area contributed by atoms with Crippen molar-refractivity contribution in [1.29, 1.82) is 0 Å². The topological polar surface area (TPSA) is 9.23 Å². The van der Waals surface area contributed by atoms with Gasteiger partial charge in [-0.25, -0.2) is 0 Å². The highest BCUT2D eigenvalue weighted by Gasteiger charge is 2.31. The third-order valence-corrected chi connectivity index (χ3v) is 2.75. The van der Waals surface area contributed by atoms with Crippen LogP contribution in [0.4, 0.5) is 0 Å². The summed E-state index contributed by atoms with van der Waals surface area (Å²) in [5, 5.41) is 0. The molecule has 2 heteroatoms. The van der Waals surface area contributed by atoms with E-state index in [-0.39, 0.29) is 6.10 Å². The monoisotopic (exact) mass is 180 g/mol. The van der Waals surface area contributed by atoms with Crippen LogP contribution >= 0.6 is 0 Å². The van der Waals surface area contributed by atoms with Crippen LogP contribution in [0.5, 0.6) is 5.75 Å². The van der Waals surface area contributed by atoms with E-state index in [0.29, 0.717) is 5.92 Å². The lowest BCUT2D eigenvalue weighted by molar-refractivity contribution is 0.268. The lowest BCUT2D eigenvalue weighted by Gasteiger charge is -2.16. The van der Waals surface area contributed by atoms with Crippen LogP contribution in [0, 0.1) is 0 Å². The molecule has 0 N–H and O–H groups in total. The molecule has 0 fully saturated rings. The van der Waals surface area contributed by atoms with E-state index in [2.05, 4.69) is 12.1 Å². The Hall–Kier alpha value is -1.44. The van der Waals surface area contributed by atoms with E-state index in [1.807, 2.05) is 30.4 Å². The molecule has 0 bridgehead atoms. The maximum atomic E-state index is 5.77. The van der Waals surface area contributed by atoms with Crippen LogP contribution in [0.3, 0.4) is 0 Å². The van der Waals surface area contributed by atoms with Crippen molar-refractivity contribution in [1.82, 2.24) is 0 Å². The van der Waals surface area contributed by atoms with Crippen molar-refractivity contribution in [3.8, 4) is 5.75 Å². The van der Waals surface area contributed by atoms with Gasteiger partial charge in [-0.2, -0.15) is 0 Å². The molecule has 1 heterocycles. The third-order valence-electron chi connectivity index (χ3n) is 2.75. The molecule has 0 saturated carbocycles. The number of hydrogen-bond donors (Lipinski definition) is 0. The van der Waals surface area contributed by atoms with Gasteiger partial charge < -0.3 is 4.74 Å². The molecule has 2 aliphatic rings. The quantitative estimate of drug-likeness (QED) is 0.555. The second-order valence-corrected chi connectivity index (χ2v) is 3.67. The van der Waals surface area contributed by atoms with Crippen LogP contribution in [0.2, 0.25) is 0 Å². The van der Waals surface area contributed by atoms with Crippen LogP contribution in [0.1, 0.15) is 11.5 Å². The number of allylic oxidation sites excluding steroid dienone is 2. The zero-order chi connectivity index (χ0) is 9.54. The van der Waals surface area contributed by atoms with Crippen molar-refractivity contribution in [3.63, 3.8) is 0 Å². The lowest BCUT2D eigenvalue weighted by atomic mass is 9.82. The molecular weight excluding hydrogens is 171 g/mol. The normalized spacial score (nSPS) is 27.6. The molecule has 2 radical (unpaired) electrons. The molecule has 0 amide bonds. The van der Waals surface area contributed by atoms with E-state index in [4.69, 9.17) is 12.6 Å². The predicted octanol–water partition coefficient (Wildman–Crippen LogP) is 2.15. The van der Waals surface area contributed by atoms with E-state index in [9.17, 15) is 0 Å². The highest BCUT2D eigenvalue weighted by molar-refractivity contribution is 6.23. The zero-order valence-electron chi connectivity index (χ0n) is 7.68. The van der Waals surface area contributed by atoms with Gasteiger partial charge in [0.2, 0.25) is 0 Å². The van der Waals surface area contributed by atoms with Gasteiger partial charge in [-0.3, -0.25) is 0 Å². The van der Waals surface area contributed by atoms with Crippen molar-refractivity contribution in [3.05, 3.63) is 53.5 Å². The first-order valence-corrected chi connectivity index (χ1v) is 4.76. The maximum absolute atomic E-state index is 5.77. The number of benzene rings is 1. The molecule has 2 atom stereocenters. The SMILES string of the molecule is [B]C1=CC2c3ccccc3OC2C=C1. The molecule has 1 aliphatic carbocycles. The van der Waals surface area contributed by atoms with Gasteiger partial charge in [0.25, 0.3) is 0 Å². The summed E-state index contributed by atoms with van der Waals surface area (Å²) in [5.74, 6) is 1.29. The predicted molar refractivity (Wildman–Crippen MR) is 56.6 cm³/mol. The first-order valence-electron chi connectivity index (χ1n) is 4.76. The molecule has 1 aromatic carbocycles. The van der Waals surface area contributed by atoms with Gasteiger partial charge in [-0.1, -0.05) is 30.4 Å². The van der Waals surface area contributed by atoms with Crippen LogP contribution in [0.15, 0.2) is 48.0 Å². The molecule has 1 nitrogen and oxygen atoms in total. The molecular formula is C12H9BO. The molecule has 0 aromatic heterocycles. The zero-order valence-corrected chi connectivity index (χ0v) is 7.68. The van der Waals surface area contributed by atoms with Crippen LogP contribution in [-0.4, -0.2) is 14.0 Å². The molecule has 1 aliphatic heterocycles. The molecule has 0 saturated heterocycles. The summed E-state index contributed by atoms with van der Waals surface area (Å²) >= 11 is 0. The Morgan fingerprint density at radius 2 is 2.07 bits per heavy atom. The number of hydrogen-bond acceptors (Lipinski definition) is 1. The van der Waals surface area contributed by atoms with E-state index >= 15 is 0 Å². The molecule has 2 unspecified atom stereocenters. The lowest BCUT2D eigenvalue weighted by Crippen LogP contribution is -2.17. The highest BCUT2D eigenvalue weighted by atomic mass is 16.5. The standard InChI is InChI=1S/C12H9BO/c13-8-5-6-12-10(7-8)9-3-1-2-4-11(9)14-12/h1-7,10,12H. The van der Waals surface area contributed by atoms with Crippen LogP contribution in [-0.2, 0) is 0 Å². The first kappa shape index (κ1) is 7.92. The number of rotatable bonds is 0. The van der Waals surface area contributed by atoms with Crippen molar-refractivity contribution in [2.24, 2.45) is 0 Å². The van der Waals surface area contributed by atoms with Crippen molar-refractivity contribution in [2.75, 3.05) is 0 Å². The third kappa shape index (κ3) is 1.03. The highest BCUT2D eigenvalue weighted by Crippen LogP contribution is 2.41. The first-order chi connectivity index (χ1) is 6.84. The summed E-state index contributed by atoms with van der Waals surface area (Å²) in [5.41, 5.74) is 2.07. The fourth-order valence-electron chi connectivity index (χ4n) is 2.07. The Balaban J connectivity index is 2.11. The summed E-state index contributed by atoms with van der Waals surface area (Å²) in [6.07, 6.45) is 6.14. The van der Waals surface area contributed by atoms with Crippen LogP contribution < -0.4 is 4.74 Å². The van der Waals surface area contributed by atoms with Gasteiger partial charge in [0.15, 0.2) is 0 Å². The summed E-state index contributed by atoms with van der Waals surface area (Å²) in [6.45, 7) is 0. The Morgan fingerprint density at radius 3 is 3.00 bits per heavy atom. The minimum atomic E-state index is 0.139. The molecule has 66 valence electrons. The fraction of sp³-hybridized carbons (Fsp3) is 0.167. The van der Waals surface area contributed by atoms with E-state index in [1.165, 1.54) is 5.56 Å². The van der Waals surface area contributed by atoms with Gasteiger partial charge in [0.1, 0.15) is 19.7 Å². The largest absolute Gasteiger partial charge is 0.485 e. The van der Waals surface area contributed by atoms with Gasteiger partial charge >= 0.3 is 0 Å². The molecule has 14 heavy (non-hydrogen) atoms. The molecule has 3 rings (SSSR count). The summed E-state index contributed by atoms with van der Waals surface area (Å²) < 4.78 is 5.77. The van der Waals surface area contributed by atoms with Crippen LogP contribution in [0.25, 0.3) is 0 Å². The van der Waals surface area contributed by atoms with Gasteiger partial charge in [0.05, 0.1) is 0 Å². The summed E-state index contributed by atoms with van der Waals surface area (Å²) in [7, 11) is 5.77. The van der Waals surface area contributed by atoms with Gasteiger partial charge in [-0.15, -0.1) is 5.47 Å². The molecule has 1 aromatic rings. The van der Waals surface area contributed by atoms with Crippen molar-refractivity contribution >= 4 is 7.85 Å². The summed E-state index contributed by atoms with van der Waals surface area (Å²) in [4.78, 5) is 0. The Bertz CT molecular complexity index is 434. The number of fused-ring (bicyclic) bond motifs is 3. The van der Waals surface area contributed by atoms with Crippen molar-refractivity contribution < 1.29 is 4.74 Å². The Labute approximate surface area is 84.5 Å². The molecule has 0 spiro atoms. The van der Waals surface area contributed by atoms with E-state index in [1.54, 1.807) is 0 Å². The fourth-order valence-corrected chi connectivity index (χ4v) is 2.07. The number of para-hydroxylation sites is 1. The second kappa shape index (κ2) is 2.78.